The smallest absolute Gasteiger partial charge is 0.256 e. The second kappa shape index (κ2) is 5.33. The van der Waals surface area contributed by atoms with Gasteiger partial charge in [-0.2, -0.15) is 0 Å². The van der Waals surface area contributed by atoms with Crippen molar-refractivity contribution >= 4 is 28.7 Å². The highest BCUT2D eigenvalue weighted by Gasteiger charge is 2.32. The minimum atomic E-state index is -0.117. The van der Waals surface area contributed by atoms with Crippen molar-refractivity contribution in [1.29, 1.82) is 0 Å². The molecule has 1 aliphatic carbocycles. The number of rotatable bonds is 2. The Hall–Kier alpha value is -2.33. The van der Waals surface area contributed by atoms with Crippen LogP contribution in [0.1, 0.15) is 52.2 Å². The van der Waals surface area contributed by atoms with Crippen molar-refractivity contribution in [2.45, 2.75) is 33.1 Å². The molecule has 0 fully saturated rings. The van der Waals surface area contributed by atoms with Gasteiger partial charge in [0.25, 0.3) is 5.91 Å². The summed E-state index contributed by atoms with van der Waals surface area (Å²) in [6, 6.07) is 5.83. The first-order chi connectivity index (χ1) is 11.8. The molecule has 0 spiro atoms. The lowest BCUT2D eigenvalue weighted by atomic mass is 9.75. The standard InChI is InChI=1S/C21H21NO2S/c1-11-14-6-5-13(9-15(14)20(24)22-11)19-18(12(2)23)16-10-21(3,4)8-7-17(16)25-19/h5-6,9,23H,1-2,7-8,10H2,3-4H3,(H,22,24). The molecule has 0 saturated carbocycles. The topological polar surface area (TPSA) is 49.3 Å². The summed E-state index contributed by atoms with van der Waals surface area (Å²) < 4.78 is 0. The average Bonchev–Trinajstić information content (AvgIpc) is 3.04. The number of aryl methyl sites for hydroxylation is 1. The predicted molar refractivity (Wildman–Crippen MR) is 104 cm³/mol. The second-order valence-corrected chi connectivity index (χ2v) is 8.79. The van der Waals surface area contributed by atoms with Crippen molar-refractivity contribution in [1.82, 2.24) is 5.32 Å². The molecule has 1 aromatic heterocycles. The van der Waals surface area contributed by atoms with Crippen molar-refractivity contribution in [3.63, 3.8) is 0 Å². The van der Waals surface area contributed by atoms with E-state index in [2.05, 4.69) is 32.3 Å². The van der Waals surface area contributed by atoms with E-state index in [4.69, 9.17) is 0 Å². The molecule has 0 saturated heterocycles. The van der Waals surface area contributed by atoms with Crippen LogP contribution < -0.4 is 5.32 Å². The SMILES string of the molecule is C=C1NC(=O)c2cc(-c3sc4c(c3C(=C)O)CC(C)(C)CC4)ccc21. The van der Waals surface area contributed by atoms with E-state index in [9.17, 15) is 9.90 Å². The Bertz CT molecular complexity index is 949. The lowest BCUT2D eigenvalue weighted by Crippen LogP contribution is -2.21. The number of carbonyl (C=O) groups is 1. The van der Waals surface area contributed by atoms with E-state index in [0.717, 1.165) is 40.8 Å². The fourth-order valence-corrected chi connectivity index (χ4v) is 5.17. The van der Waals surface area contributed by atoms with Gasteiger partial charge < -0.3 is 10.4 Å². The summed E-state index contributed by atoms with van der Waals surface area (Å²) in [5.41, 5.74) is 5.38. The Kier molecular flexibility index (Phi) is 3.45. The van der Waals surface area contributed by atoms with Gasteiger partial charge in [-0.1, -0.05) is 39.1 Å². The van der Waals surface area contributed by atoms with Crippen LogP contribution >= 0.6 is 11.3 Å². The highest BCUT2D eigenvalue weighted by molar-refractivity contribution is 7.16. The normalized spacial score (nSPS) is 17.8. The molecule has 1 aliphatic heterocycles. The van der Waals surface area contributed by atoms with E-state index >= 15 is 0 Å². The second-order valence-electron chi connectivity index (χ2n) is 7.69. The summed E-state index contributed by atoms with van der Waals surface area (Å²) in [6.45, 7) is 12.2. The largest absolute Gasteiger partial charge is 0.508 e. The van der Waals surface area contributed by atoms with Crippen molar-refractivity contribution in [2.75, 3.05) is 0 Å². The van der Waals surface area contributed by atoms with Crippen LogP contribution in [0.3, 0.4) is 0 Å². The van der Waals surface area contributed by atoms with E-state index in [1.54, 1.807) is 11.3 Å². The number of hydrogen-bond donors (Lipinski definition) is 2. The first-order valence-corrected chi connectivity index (χ1v) is 9.26. The van der Waals surface area contributed by atoms with Crippen LogP contribution in [-0.2, 0) is 12.8 Å². The van der Waals surface area contributed by atoms with Crippen LogP contribution in [0.2, 0.25) is 0 Å². The zero-order valence-corrected chi connectivity index (χ0v) is 15.3. The number of aliphatic hydroxyl groups is 1. The summed E-state index contributed by atoms with van der Waals surface area (Å²) in [7, 11) is 0. The molecular weight excluding hydrogens is 330 g/mol. The Balaban J connectivity index is 1.89. The molecule has 2 aromatic rings. The molecule has 0 bridgehead atoms. The molecule has 3 nitrogen and oxygen atoms in total. The fourth-order valence-electron chi connectivity index (χ4n) is 3.84. The van der Waals surface area contributed by atoms with E-state index in [1.165, 1.54) is 10.4 Å². The number of fused-ring (bicyclic) bond motifs is 2. The van der Waals surface area contributed by atoms with Crippen molar-refractivity contribution in [3.8, 4) is 10.4 Å². The van der Waals surface area contributed by atoms with E-state index in [-0.39, 0.29) is 17.1 Å². The highest BCUT2D eigenvalue weighted by atomic mass is 32.1. The Morgan fingerprint density at radius 3 is 2.80 bits per heavy atom. The first-order valence-electron chi connectivity index (χ1n) is 8.45. The molecule has 2 aliphatic rings. The van der Waals surface area contributed by atoms with Crippen LogP contribution in [0.25, 0.3) is 21.9 Å². The minimum Gasteiger partial charge on any atom is -0.508 e. The fraction of sp³-hybridized carbons (Fsp3) is 0.286. The van der Waals surface area contributed by atoms with Crippen molar-refractivity contribution in [2.24, 2.45) is 5.41 Å². The quantitative estimate of drug-likeness (QED) is 0.733. The van der Waals surface area contributed by atoms with Gasteiger partial charge in [0.05, 0.1) is 0 Å². The van der Waals surface area contributed by atoms with Gasteiger partial charge in [-0.3, -0.25) is 4.79 Å². The molecule has 0 radical (unpaired) electrons. The van der Waals surface area contributed by atoms with Gasteiger partial charge in [-0.05, 0) is 41.9 Å². The maximum atomic E-state index is 12.1. The molecule has 0 atom stereocenters. The molecule has 2 heterocycles. The Morgan fingerprint density at radius 2 is 2.08 bits per heavy atom. The molecule has 1 amide bonds. The van der Waals surface area contributed by atoms with Crippen LogP contribution in [0.15, 0.2) is 31.4 Å². The van der Waals surface area contributed by atoms with Gasteiger partial charge in [0, 0.05) is 32.1 Å². The third kappa shape index (κ3) is 2.52. The van der Waals surface area contributed by atoms with Gasteiger partial charge in [0.2, 0.25) is 0 Å². The molecule has 2 N–H and O–H groups in total. The molecular formula is C21H21NO2S. The van der Waals surface area contributed by atoms with Crippen LogP contribution in [-0.4, -0.2) is 11.0 Å². The number of aliphatic hydroxyl groups excluding tert-OH is 1. The number of carbonyl (C=O) groups excluding carboxylic acids is 1. The number of benzene rings is 1. The van der Waals surface area contributed by atoms with Gasteiger partial charge >= 0.3 is 0 Å². The van der Waals surface area contributed by atoms with E-state index < -0.39 is 0 Å². The van der Waals surface area contributed by atoms with Crippen LogP contribution in [0.4, 0.5) is 0 Å². The van der Waals surface area contributed by atoms with Crippen molar-refractivity contribution < 1.29 is 9.90 Å². The average molecular weight is 351 g/mol. The van der Waals surface area contributed by atoms with Crippen molar-refractivity contribution in [3.05, 3.63) is 58.5 Å². The summed E-state index contributed by atoms with van der Waals surface area (Å²) in [4.78, 5) is 14.5. The predicted octanol–water partition coefficient (Wildman–Crippen LogP) is 5.17. The van der Waals surface area contributed by atoms with Crippen LogP contribution in [0.5, 0.6) is 0 Å². The molecule has 25 heavy (non-hydrogen) atoms. The zero-order chi connectivity index (χ0) is 17.9. The lowest BCUT2D eigenvalue weighted by Gasteiger charge is -2.30. The van der Waals surface area contributed by atoms with Gasteiger partial charge in [-0.15, -0.1) is 11.3 Å². The highest BCUT2D eigenvalue weighted by Crippen LogP contribution is 2.47. The number of thiophene rings is 1. The third-order valence-electron chi connectivity index (χ3n) is 5.18. The van der Waals surface area contributed by atoms with Gasteiger partial charge in [0.1, 0.15) is 5.76 Å². The summed E-state index contributed by atoms with van der Waals surface area (Å²) in [5, 5.41) is 13.0. The molecule has 1 aromatic carbocycles. The van der Waals surface area contributed by atoms with E-state index in [0.29, 0.717) is 11.3 Å². The Labute approximate surface area is 151 Å². The number of amides is 1. The van der Waals surface area contributed by atoms with Gasteiger partial charge in [0.15, 0.2) is 0 Å². The van der Waals surface area contributed by atoms with Crippen LogP contribution in [0, 0.1) is 5.41 Å². The zero-order valence-electron chi connectivity index (χ0n) is 14.5. The molecule has 4 rings (SSSR count). The van der Waals surface area contributed by atoms with E-state index in [1.807, 2.05) is 18.2 Å². The molecule has 128 valence electrons. The van der Waals surface area contributed by atoms with Gasteiger partial charge in [-0.25, -0.2) is 0 Å². The summed E-state index contributed by atoms with van der Waals surface area (Å²) >= 11 is 1.72. The molecule has 4 heteroatoms. The first kappa shape index (κ1) is 16.2. The molecule has 0 unspecified atom stereocenters. The number of hydrogen-bond acceptors (Lipinski definition) is 3. The summed E-state index contributed by atoms with van der Waals surface area (Å²) in [5.74, 6) is -0.00626. The lowest BCUT2D eigenvalue weighted by molar-refractivity contribution is 0.0981. The monoisotopic (exact) mass is 351 g/mol. The maximum Gasteiger partial charge on any atom is 0.256 e. The third-order valence-corrected chi connectivity index (χ3v) is 6.52. The number of nitrogens with one attached hydrogen (secondary N) is 1. The summed E-state index contributed by atoms with van der Waals surface area (Å²) in [6.07, 6.45) is 3.11. The minimum absolute atomic E-state index is 0.111. The Morgan fingerprint density at radius 1 is 1.32 bits per heavy atom. The maximum absolute atomic E-state index is 12.1.